The summed E-state index contributed by atoms with van der Waals surface area (Å²) >= 11 is 0. The van der Waals surface area contributed by atoms with Crippen molar-refractivity contribution in [1.29, 1.82) is 0 Å². The van der Waals surface area contributed by atoms with Gasteiger partial charge in [-0.1, -0.05) is 152 Å². The van der Waals surface area contributed by atoms with Crippen molar-refractivity contribution in [2.45, 2.75) is 122 Å². The molecule has 0 aliphatic carbocycles. The minimum Gasteiger partial charge on any atom is -0.404 e. The third-order valence-electron chi connectivity index (χ3n) is 7.77. The second kappa shape index (κ2) is 16.3. The molecule has 206 valence electrons. The second-order valence-electron chi connectivity index (χ2n) is 11.9. The van der Waals surface area contributed by atoms with Crippen molar-refractivity contribution < 1.29 is 9.53 Å². The van der Waals surface area contributed by atoms with Crippen LogP contribution in [0, 0.1) is 0 Å². The number of hydrogen-bond donors (Lipinski definition) is 1. The summed E-state index contributed by atoms with van der Waals surface area (Å²) in [5.41, 5.74) is -0.808. The summed E-state index contributed by atoms with van der Waals surface area (Å²) in [7, 11) is -2.66. The molecule has 0 bridgehead atoms. The van der Waals surface area contributed by atoms with Gasteiger partial charge in [0.2, 0.25) is 0 Å². The number of aliphatic hydroxyl groups is 1. The van der Waals surface area contributed by atoms with Crippen LogP contribution in [-0.4, -0.2) is 25.6 Å². The van der Waals surface area contributed by atoms with E-state index in [4.69, 9.17) is 4.43 Å². The second-order valence-corrected chi connectivity index (χ2v) is 16.2. The molecule has 0 aromatic heterocycles. The fraction of sp³-hybridized carbons (Fsp3) is 0.588. The largest absolute Gasteiger partial charge is 0.404 e. The molecule has 0 heterocycles. The summed E-state index contributed by atoms with van der Waals surface area (Å²) in [5.74, 6) is 0. The molecular weight excluding hydrogens is 468 g/mol. The average molecular weight is 523 g/mol. The first kappa shape index (κ1) is 31.5. The Hall–Kier alpha value is -1.68. The van der Waals surface area contributed by atoms with E-state index in [0.717, 1.165) is 32.1 Å². The lowest BCUT2D eigenvalue weighted by molar-refractivity contribution is -0.0253. The molecule has 3 heteroatoms. The molecule has 0 fully saturated rings. The summed E-state index contributed by atoms with van der Waals surface area (Å²) in [5, 5.41) is 14.4. The molecule has 2 rings (SSSR count). The zero-order valence-electron chi connectivity index (χ0n) is 24.3. The molecule has 2 nitrogen and oxygen atoms in total. The summed E-state index contributed by atoms with van der Waals surface area (Å²) in [6, 6.07) is 21.5. The zero-order chi connectivity index (χ0) is 27.0. The maximum atomic E-state index is 11.9. The summed E-state index contributed by atoms with van der Waals surface area (Å²) in [6.07, 6.45) is 17.0. The predicted octanol–water partition coefficient (Wildman–Crippen LogP) is 8.57. The lowest BCUT2D eigenvalue weighted by Crippen LogP contribution is -2.67. The summed E-state index contributed by atoms with van der Waals surface area (Å²) in [6.45, 7) is 13.5. The van der Waals surface area contributed by atoms with Crippen molar-refractivity contribution in [2.24, 2.45) is 0 Å². The van der Waals surface area contributed by atoms with Gasteiger partial charge in [0.15, 0.2) is 0 Å². The predicted molar refractivity (Wildman–Crippen MR) is 164 cm³/mol. The van der Waals surface area contributed by atoms with Crippen molar-refractivity contribution in [3.63, 3.8) is 0 Å². The molecule has 0 aliphatic rings. The van der Waals surface area contributed by atoms with Crippen LogP contribution in [0.4, 0.5) is 0 Å². The molecule has 1 atom stereocenters. The van der Waals surface area contributed by atoms with Gasteiger partial charge in [0.25, 0.3) is 8.32 Å². The van der Waals surface area contributed by atoms with Crippen molar-refractivity contribution in [3.8, 4) is 0 Å². The van der Waals surface area contributed by atoms with Crippen LogP contribution >= 0.6 is 0 Å². The van der Waals surface area contributed by atoms with Gasteiger partial charge >= 0.3 is 0 Å². The van der Waals surface area contributed by atoms with Crippen LogP contribution in [0.2, 0.25) is 5.04 Å². The number of benzene rings is 2. The first-order chi connectivity index (χ1) is 17.8. The SMILES string of the molecule is C=CCCC[C@](O)(CCCCCCCCCCC)CO[Si](c1ccccc1)(c1ccccc1)C(C)(C)C. The molecule has 1 N–H and O–H groups in total. The van der Waals surface area contributed by atoms with E-state index in [-0.39, 0.29) is 5.04 Å². The minimum atomic E-state index is -2.66. The van der Waals surface area contributed by atoms with Crippen molar-refractivity contribution >= 4 is 18.7 Å². The molecule has 2 aromatic rings. The molecule has 0 amide bonds. The molecule has 0 radical (unpaired) electrons. The Morgan fingerprint density at radius 3 is 1.65 bits per heavy atom. The van der Waals surface area contributed by atoms with Crippen molar-refractivity contribution in [2.75, 3.05) is 6.61 Å². The molecule has 0 saturated heterocycles. The Bertz CT molecular complexity index is 819. The fourth-order valence-electron chi connectivity index (χ4n) is 5.61. The van der Waals surface area contributed by atoms with Crippen LogP contribution in [0.3, 0.4) is 0 Å². The number of allylic oxidation sites excluding steroid dienone is 1. The van der Waals surface area contributed by atoms with Crippen molar-refractivity contribution in [1.82, 2.24) is 0 Å². The topological polar surface area (TPSA) is 29.5 Å². The van der Waals surface area contributed by atoms with Gasteiger partial charge in [-0.05, 0) is 41.1 Å². The third-order valence-corrected chi connectivity index (χ3v) is 12.8. The van der Waals surface area contributed by atoms with E-state index in [1.807, 2.05) is 6.08 Å². The quantitative estimate of drug-likeness (QED) is 0.114. The number of rotatable bonds is 19. The van der Waals surface area contributed by atoms with Crippen LogP contribution in [0.1, 0.15) is 111 Å². The van der Waals surface area contributed by atoms with Gasteiger partial charge in [-0.3, -0.25) is 0 Å². The van der Waals surface area contributed by atoms with Crippen LogP contribution in [0.5, 0.6) is 0 Å². The van der Waals surface area contributed by atoms with Crippen LogP contribution in [0.15, 0.2) is 73.3 Å². The van der Waals surface area contributed by atoms with Gasteiger partial charge in [0, 0.05) is 0 Å². The van der Waals surface area contributed by atoms with E-state index >= 15 is 0 Å². The van der Waals surface area contributed by atoms with E-state index < -0.39 is 13.9 Å². The molecule has 0 aliphatic heterocycles. The molecule has 0 spiro atoms. The van der Waals surface area contributed by atoms with E-state index in [2.05, 4.69) is 94.9 Å². The summed E-state index contributed by atoms with van der Waals surface area (Å²) < 4.78 is 7.16. The maximum absolute atomic E-state index is 11.9. The molecule has 0 unspecified atom stereocenters. The van der Waals surface area contributed by atoms with Crippen LogP contribution in [0.25, 0.3) is 0 Å². The Morgan fingerprint density at radius 1 is 0.730 bits per heavy atom. The molecule has 2 aromatic carbocycles. The van der Waals surface area contributed by atoms with Crippen LogP contribution in [-0.2, 0) is 4.43 Å². The third kappa shape index (κ3) is 9.85. The standard InChI is InChI=1S/C34H54O2Si/c1-6-8-10-11-12-13-14-15-23-29-34(35,28-22-9-7-2)30-36-37(33(3,4)5,31-24-18-16-19-25-31)32-26-20-17-21-27-32/h7,16-21,24-27,35H,2,6,8-15,22-23,28-30H2,1,3-5H3/t34-/m0/s1. The highest BCUT2D eigenvalue weighted by Gasteiger charge is 2.51. The van der Waals surface area contributed by atoms with Crippen molar-refractivity contribution in [3.05, 3.63) is 73.3 Å². The van der Waals surface area contributed by atoms with E-state index in [9.17, 15) is 5.11 Å². The van der Waals surface area contributed by atoms with Gasteiger partial charge in [-0.25, -0.2) is 0 Å². The molecule has 37 heavy (non-hydrogen) atoms. The van der Waals surface area contributed by atoms with Gasteiger partial charge in [0.1, 0.15) is 0 Å². The zero-order valence-corrected chi connectivity index (χ0v) is 25.3. The Labute approximate surface area is 229 Å². The Balaban J connectivity index is 2.17. The minimum absolute atomic E-state index is 0.0878. The number of unbranched alkanes of at least 4 members (excludes halogenated alkanes) is 9. The van der Waals surface area contributed by atoms with Gasteiger partial charge in [0.05, 0.1) is 12.2 Å². The Kier molecular flexibility index (Phi) is 13.9. The highest BCUT2D eigenvalue weighted by atomic mass is 28.4. The first-order valence-corrected chi connectivity index (χ1v) is 16.8. The van der Waals surface area contributed by atoms with Gasteiger partial charge < -0.3 is 9.53 Å². The number of hydrogen-bond acceptors (Lipinski definition) is 2. The molecule has 0 saturated carbocycles. The average Bonchev–Trinajstić information content (AvgIpc) is 2.89. The first-order valence-electron chi connectivity index (χ1n) is 14.9. The highest BCUT2D eigenvalue weighted by molar-refractivity contribution is 6.99. The lowest BCUT2D eigenvalue weighted by Gasteiger charge is -2.45. The fourth-order valence-corrected chi connectivity index (χ4v) is 10.3. The van der Waals surface area contributed by atoms with E-state index in [1.54, 1.807) is 0 Å². The van der Waals surface area contributed by atoms with E-state index in [1.165, 1.54) is 61.7 Å². The summed E-state index contributed by atoms with van der Waals surface area (Å²) in [4.78, 5) is 0. The maximum Gasteiger partial charge on any atom is 0.261 e. The lowest BCUT2D eigenvalue weighted by atomic mass is 9.91. The normalized spacial score (nSPS) is 13.9. The molecular formula is C34H54O2Si. The smallest absolute Gasteiger partial charge is 0.261 e. The monoisotopic (exact) mass is 522 g/mol. The van der Waals surface area contributed by atoms with Gasteiger partial charge in [-0.2, -0.15) is 0 Å². The van der Waals surface area contributed by atoms with Gasteiger partial charge in [-0.15, -0.1) is 6.58 Å². The highest BCUT2D eigenvalue weighted by Crippen LogP contribution is 2.38. The Morgan fingerprint density at radius 2 is 1.19 bits per heavy atom. The van der Waals surface area contributed by atoms with E-state index in [0.29, 0.717) is 6.61 Å². The van der Waals surface area contributed by atoms with Crippen LogP contribution < -0.4 is 10.4 Å².